The summed E-state index contributed by atoms with van der Waals surface area (Å²) < 4.78 is 0. The quantitative estimate of drug-likeness (QED) is 0.756. The number of hydrogen-bond donors (Lipinski definition) is 0. The molecule has 0 unspecified atom stereocenters. The molecule has 1 aromatic rings. The zero-order valence-electron chi connectivity index (χ0n) is 10.6. The highest BCUT2D eigenvalue weighted by Gasteiger charge is 2.41. The second-order valence-electron chi connectivity index (χ2n) is 5.13. The Kier molecular flexibility index (Phi) is 3.17. The summed E-state index contributed by atoms with van der Waals surface area (Å²) >= 11 is 5.71. The van der Waals surface area contributed by atoms with Gasteiger partial charge in [0.15, 0.2) is 0 Å². The van der Waals surface area contributed by atoms with Crippen LogP contribution < -0.4 is 4.90 Å². The molecule has 0 saturated heterocycles. The largest absolute Gasteiger partial charge is 0.314 e. The predicted molar refractivity (Wildman–Crippen MR) is 71.9 cm³/mol. The molecule has 2 rings (SSSR count). The first kappa shape index (κ1) is 12.4. The predicted octanol–water partition coefficient (Wildman–Crippen LogP) is 3.11. The van der Waals surface area contributed by atoms with Crippen molar-refractivity contribution < 1.29 is 4.79 Å². The van der Waals surface area contributed by atoms with Crippen LogP contribution in [0.4, 0.5) is 5.69 Å². The van der Waals surface area contributed by atoms with E-state index >= 15 is 0 Å². The van der Waals surface area contributed by atoms with Crippen LogP contribution in [0, 0.1) is 0 Å². The molecule has 0 atom stereocenters. The Labute approximate surface area is 108 Å². The fraction of sp³-hybridized carbons (Fsp3) is 0.500. The number of rotatable bonds is 3. The van der Waals surface area contributed by atoms with E-state index in [2.05, 4.69) is 12.1 Å². The van der Waals surface area contributed by atoms with E-state index in [1.807, 2.05) is 27.0 Å². The standard InChI is InChI=1S/C14H18ClNO/c1-14(2)11-9-10(5-4-8-15)6-7-12(11)16(3)13(14)17/h6-7,9H,4-5,8H2,1-3H3. The van der Waals surface area contributed by atoms with E-state index < -0.39 is 5.41 Å². The Morgan fingerprint density at radius 3 is 2.71 bits per heavy atom. The van der Waals surface area contributed by atoms with Gasteiger partial charge < -0.3 is 4.90 Å². The molecular weight excluding hydrogens is 234 g/mol. The third-order valence-electron chi connectivity index (χ3n) is 3.53. The van der Waals surface area contributed by atoms with E-state index in [0.29, 0.717) is 5.88 Å². The van der Waals surface area contributed by atoms with Crippen LogP contribution in [-0.2, 0) is 16.6 Å². The van der Waals surface area contributed by atoms with Gasteiger partial charge in [0.2, 0.25) is 5.91 Å². The maximum absolute atomic E-state index is 12.1. The van der Waals surface area contributed by atoms with E-state index in [1.54, 1.807) is 4.90 Å². The zero-order chi connectivity index (χ0) is 12.6. The van der Waals surface area contributed by atoms with Gasteiger partial charge in [-0.3, -0.25) is 4.79 Å². The minimum absolute atomic E-state index is 0.169. The lowest BCUT2D eigenvalue weighted by Crippen LogP contribution is -2.33. The van der Waals surface area contributed by atoms with Crippen molar-refractivity contribution in [2.45, 2.75) is 32.1 Å². The van der Waals surface area contributed by atoms with E-state index in [9.17, 15) is 4.79 Å². The van der Waals surface area contributed by atoms with Crippen molar-refractivity contribution in [2.24, 2.45) is 0 Å². The fourth-order valence-corrected chi connectivity index (χ4v) is 2.58. The maximum Gasteiger partial charge on any atom is 0.236 e. The van der Waals surface area contributed by atoms with Crippen LogP contribution in [0.15, 0.2) is 18.2 Å². The number of fused-ring (bicyclic) bond motifs is 1. The summed E-state index contributed by atoms with van der Waals surface area (Å²) in [5, 5.41) is 0. The number of likely N-dealkylation sites (N-methyl/N-ethyl adjacent to an activating group) is 1. The summed E-state index contributed by atoms with van der Waals surface area (Å²) in [7, 11) is 1.84. The van der Waals surface area contributed by atoms with Gasteiger partial charge in [-0.25, -0.2) is 0 Å². The lowest BCUT2D eigenvalue weighted by molar-refractivity contribution is -0.121. The number of nitrogens with zero attached hydrogens (tertiary/aromatic N) is 1. The van der Waals surface area contributed by atoms with Crippen molar-refractivity contribution >= 4 is 23.2 Å². The second kappa shape index (κ2) is 4.34. The molecule has 0 radical (unpaired) electrons. The Hall–Kier alpha value is -1.02. The molecule has 2 nitrogen and oxygen atoms in total. The summed E-state index contributed by atoms with van der Waals surface area (Å²) in [4.78, 5) is 13.9. The minimum Gasteiger partial charge on any atom is -0.314 e. The van der Waals surface area contributed by atoms with Crippen LogP contribution in [-0.4, -0.2) is 18.8 Å². The van der Waals surface area contributed by atoms with Crippen LogP contribution in [0.25, 0.3) is 0 Å². The topological polar surface area (TPSA) is 20.3 Å². The Morgan fingerprint density at radius 2 is 2.06 bits per heavy atom. The maximum atomic E-state index is 12.1. The highest BCUT2D eigenvalue weighted by Crippen LogP contribution is 2.41. The number of amides is 1. The van der Waals surface area contributed by atoms with Gasteiger partial charge in [-0.15, -0.1) is 11.6 Å². The van der Waals surface area contributed by atoms with Crippen molar-refractivity contribution in [3.63, 3.8) is 0 Å². The summed E-state index contributed by atoms with van der Waals surface area (Å²) in [6.07, 6.45) is 1.95. The monoisotopic (exact) mass is 251 g/mol. The smallest absolute Gasteiger partial charge is 0.236 e. The van der Waals surface area contributed by atoms with E-state index in [-0.39, 0.29) is 5.91 Å². The normalized spacial score (nSPS) is 17.4. The van der Waals surface area contributed by atoms with Crippen LogP contribution in [0.1, 0.15) is 31.4 Å². The lowest BCUT2D eigenvalue weighted by Gasteiger charge is -2.16. The highest BCUT2D eigenvalue weighted by atomic mass is 35.5. The zero-order valence-corrected chi connectivity index (χ0v) is 11.3. The first-order chi connectivity index (χ1) is 7.98. The van der Waals surface area contributed by atoms with Crippen molar-refractivity contribution in [1.82, 2.24) is 0 Å². The fourth-order valence-electron chi connectivity index (χ4n) is 2.45. The Bertz CT molecular complexity index is 454. The lowest BCUT2D eigenvalue weighted by atomic mass is 9.85. The second-order valence-corrected chi connectivity index (χ2v) is 5.51. The molecule has 1 aliphatic rings. The first-order valence-electron chi connectivity index (χ1n) is 5.96. The van der Waals surface area contributed by atoms with Crippen LogP contribution in [0.5, 0.6) is 0 Å². The molecule has 92 valence electrons. The van der Waals surface area contributed by atoms with Gasteiger partial charge >= 0.3 is 0 Å². The van der Waals surface area contributed by atoms with E-state index in [4.69, 9.17) is 11.6 Å². The van der Waals surface area contributed by atoms with E-state index in [0.717, 1.165) is 24.1 Å². The van der Waals surface area contributed by atoms with Crippen molar-refractivity contribution in [2.75, 3.05) is 17.8 Å². The molecule has 0 aromatic heterocycles. The van der Waals surface area contributed by atoms with Gasteiger partial charge in [-0.1, -0.05) is 12.1 Å². The average Bonchev–Trinajstić information content (AvgIpc) is 2.49. The molecule has 0 aliphatic carbocycles. The van der Waals surface area contributed by atoms with Gasteiger partial charge in [-0.2, -0.15) is 0 Å². The van der Waals surface area contributed by atoms with Crippen LogP contribution in [0.2, 0.25) is 0 Å². The number of carbonyl (C=O) groups excluding carboxylic acids is 1. The first-order valence-corrected chi connectivity index (χ1v) is 6.49. The molecule has 0 fully saturated rings. The number of aryl methyl sites for hydroxylation is 1. The molecule has 0 N–H and O–H groups in total. The molecule has 17 heavy (non-hydrogen) atoms. The number of hydrogen-bond acceptors (Lipinski definition) is 1. The molecule has 1 heterocycles. The van der Waals surface area contributed by atoms with Gasteiger partial charge in [-0.05, 0) is 43.9 Å². The highest BCUT2D eigenvalue weighted by molar-refractivity contribution is 6.17. The molecular formula is C14H18ClNO. The number of carbonyl (C=O) groups is 1. The molecule has 1 aromatic carbocycles. The molecule has 0 saturated carbocycles. The van der Waals surface area contributed by atoms with E-state index in [1.165, 1.54) is 5.56 Å². The average molecular weight is 252 g/mol. The number of benzene rings is 1. The van der Waals surface area contributed by atoms with Crippen molar-refractivity contribution in [1.29, 1.82) is 0 Å². The third-order valence-corrected chi connectivity index (χ3v) is 3.80. The Morgan fingerprint density at radius 1 is 1.35 bits per heavy atom. The number of anilines is 1. The summed E-state index contributed by atoms with van der Waals surface area (Å²) in [5.41, 5.74) is 3.04. The van der Waals surface area contributed by atoms with Gasteiger partial charge in [0.1, 0.15) is 0 Å². The number of alkyl halides is 1. The summed E-state index contributed by atoms with van der Waals surface area (Å²) in [6.45, 7) is 3.98. The molecule has 1 amide bonds. The molecule has 0 spiro atoms. The van der Waals surface area contributed by atoms with Crippen LogP contribution in [0.3, 0.4) is 0 Å². The minimum atomic E-state index is -0.402. The van der Waals surface area contributed by atoms with Gasteiger partial charge in [0.25, 0.3) is 0 Å². The Balaban J connectivity index is 2.40. The van der Waals surface area contributed by atoms with Crippen LogP contribution >= 0.6 is 11.6 Å². The summed E-state index contributed by atoms with van der Waals surface area (Å²) in [5.74, 6) is 0.848. The van der Waals surface area contributed by atoms with Crippen molar-refractivity contribution in [3.8, 4) is 0 Å². The molecule has 1 aliphatic heterocycles. The number of halogens is 1. The van der Waals surface area contributed by atoms with Crippen molar-refractivity contribution in [3.05, 3.63) is 29.3 Å². The molecule has 3 heteroatoms. The van der Waals surface area contributed by atoms with Gasteiger partial charge in [0.05, 0.1) is 5.41 Å². The SMILES string of the molecule is CN1C(=O)C(C)(C)c2cc(CCCCl)ccc21. The molecule has 0 bridgehead atoms. The van der Waals surface area contributed by atoms with Gasteiger partial charge in [0, 0.05) is 18.6 Å². The summed E-state index contributed by atoms with van der Waals surface area (Å²) in [6, 6.07) is 6.30. The third kappa shape index (κ3) is 1.95.